The van der Waals surface area contributed by atoms with Gasteiger partial charge in [0.2, 0.25) is 5.95 Å². The Morgan fingerprint density at radius 2 is 1.81 bits per heavy atom. The van der Waals surface area contributed by atoms with E-state index in [0.717, 1.165) is 83.1 Å². The molecule has 9 heteroatoms. The maximum Gasteiger partial charge on any atom is 0.226 e. The van der Waals surface area contributed by atoms with Crippen LogP contribution in [0.1, 0.15) is 56.9 Å². The first kappa shape index (κ1) is 27.3. The molecule has 202 valence electrons. The molecule has 2 aromatic rings. The standard InChI is InChI=1S/C28H44N8O/c1-30-25-26(32-23-13-11-22(12-14-23)21-36-17-19-37-20-18-36)33-28(31-16-8-4-3-7-15-29)34-27(25)35(2)24-9-5-6-10-24/h11-14,24H,1,3-10,15-21,29H2,2H3,(H2,31,32,33,34). The number of rotatable bonds is 14. The van der Waals surface area contributed by atoms with Gasteiger partial charge in [0.25, 0.3) is 0 Å². The molecule has 0 spiro atoms. The van der Waals surface area contributed by atoms with Crippen LogP contribution in [0, 0.1) is 0 Å². The zero-order valence-corrected chi connectivity index (χ0v) is 22.4. The minimum absolute atomic E-state index is 0.465. The lowest BCUT2D eigenvalue weighted by Gasteiger charge is -2.27. The monoisotopic (exact) mass is 508 g/mol. The van der Waals surface area contributed by atoms with E-state index in [4.69, 9.17) is 20.4 Å². The summed E-state index contributed by atoms with van der Waals surface area (Å²) in [5, 5.41) is 6.94. The molecule has 1 aromatic heterocycles. The van der Waals surface area contributed by atoms with Crippen molar-refractivity contribution in [2.24, 2.45) is 10.7 Å². The lowest BCUT2D eigenvalue weighted by Crippen LogP contribution is -2.35. The lowest BCUT2D eigenvalue weighted by molar-refractivity contribution is 0.0342. The normalized spacial score (nSPS) is 16.6. The summed E-state index contributed by atoms with van der Waals surface area (Å²) >= 11 is 0. The van der Waals surface area contributed by atoms with Crippen molar-refractivity contribution in [2.75, 3.05) is 62.0 Å². The Kier molecular flexibility index (Phi) is 10.5. The van der Waals surface area contributed by atoms with Crippen LogP contribution in [0.15, 0.2) is 29.3 Å². The molecule has 0 bridgehead atoms. The number of hydrogen-bond donors (Lipinski definition) is 3. The van der Waals surface area contributed by atoms with E-state index in [1.54, 1.807) is 0 Å². The van der Waals surface area contributed by atoms with Crippen LogP contribution in [0.25, 0.3) is 0 Å². The molecule has 1 saturated heterocycles. The van der Waals surface area contributed by atoms with Gasteiger partial charge < -0.3 is 26.0 Å². The topological polar surface area (TPSA) is 104 Å². The number of benzene rings is 1. The lowest BCUT2D eigenvalue weighted by atomic mass is 10.2. The minimum Gasteiger partial charge on any atom is -0.379 e. The molecular weight excluding hydrogens is 464 g/mol. The average Bonchev–Trinajstić information content (AvgIpc) is 3.47. The Morgan fingerprint density at radius 1 is 1.08 bits per heavy atom. The number of nitrogens with zero attached hydrogens (tertiary/aromatic N) is 5. The van der Waals surface area contributed by atoms with Gasteiger partial charge in [-0.2, -0.15) is 9.97 Å². The minimum atomic E-state index is 0.465. The molecule has 2 heterocycles. The van der Waals surface area contributed by atoms with Crippen molar-refractivity contribution >= 4 is 35.7 Å². The van der Waals surface area contributed by atoms with Crippen LogP contribution in [-0.4, -0.2) is 74.1 Å². The second kappa shape index (κ2) is 14.3. The first-order chi connectivity index (χ1) is 18.2. The molecule has 0 atom stereocenters. The number of unbranched alkanes of at least 4 members (excludes halogenated alkanes) is 3. The van der Waals surface area contributed by atoms with Gasteiger partial charge in [-0.25, -0.2) is 0 Å². The van der Waals surface area contributed by atoms with Gasteiger partial charge in [-0.15, -0.1) is 0 Å². The Labute approximate surface area is 221 Å². The molecule has 1 saturated carbocycles. The van der Waals surface area contributed by atoms with Crippen LogP contribution in [0.5, 0.6) is 0 Å². The van der Waals surface area contributed by atoms with E-state index in [2.05, 4.69) is 63.5 Å². The Balaban J connectivity index is 1.50. The maximum absolute atomic E-state index is 5.62. The smallest absolute Gasteiger partial charge is 0.226 e. The van der Waals surface area contributed by atoms with Gasteiger partial charge in [-0.3, -0.25) is 9.89 Å². The third-order valence-corrected chi connectivity index (χ3v) is 7.37. The van der Waals surface area contributed by atoms with Gasteiger partial charge >= 0.3 is 0 Å². The van der Waals surface area contributed by atoms with E-state index in [1.807, 2.05) is 0 Å². The highest BCUT2D eigenvalue weighted by Gasteiger charge is 2.25. The van der Waals surface area contributed by atoms with Crippen molar-refractivity contribution in [1.82, 2.24) is 14.9 Å². The van der Waals surface area contributed by atoms with Crippen molar-refractivity contribution in [2.45, 2.75) is 64.0 Å². The van der Waals surface area contributed by atoms with Crippen molar-refractivity contribution in [1.29, 1.82) is 0 Å². The first-order valence-corrected chi connectivity index (χ1v) is 13.9. The highest BCUT2D eigenvalue weighted by molar-refractivity contribution is 5.81. The predicted molar refractivity (Wildman–Crippen MR) is 154 cm³/mol. The van der Waals surface area contributed by atoms with Crippen molar-refractivity contribution in [3.8, 4) is 0 Å². The molecule has 9 nitrogen and oxygen atoms in total. The maximum atomic E-state index is 5.62. The van der Waals surface area contributed by atoms with Crippen molar-refractivity contribution in [3.63, 3.8) is 0 Å². The van der Waals surface area contributed by atoms with Crippen LogP contribution in [0.2, 0.25) is 0 Å². The average molecular weight is 509 g/mol. The summed E-state index contributed by atoms with van der Waals surface area (Å²) in [6.45, 7) is 9.98. The van der Waals surface area contributed by atoms with E-state index < -0.39 is 0 Å². The highest BCUT2D eigenvalue weighted by atomic mass is 16.5. The van der Waals surface area contributed by atoms with E-state index >= 15 is 0 Å². The third kappa shape index (κ3) is 7.87. The van der Waals surface area contributed by atoms with Crippen LogP contribution in [0.3, 0.4) is 0 Å². The largest absolute Gasteiger partial charge is 0.379 e. The number of morpholine rings is 1. The highest BCUT2D eigenvalue weighted by Crippen LogP contribution is 2.38. The van der Waals surface area contributed by atoms with Crippen LogP contribution in [-0.2, 0) is 11.3 Å². The second-order valence-corrected chi connectivity index (χ2v) is 10.1. The SMILES string of the molecule is C=Nc1c(Nc2ccc(CN3CCOCC3)cc2)nc(NCCCCCCN)nc1N(C)C1CCCC1. The van der Waals surface area contributed by atoms with Gasteiger partial charge in [0.1, 0.15) is 5.69 Å². The summed E-state index contributed by atoms with van der Waals surface area (Å²) in [6.07, 6.45) is 9.30. The summed E-state index contributed by atoms with van der Waals surface area (Å²) in [5.41, 5.74) is 8.57. The Morgan fingerprint density at radius 3 is 2.51 bits per heavy atom. The molecule has 0 amide bonds. The third-order valence-electron chi connectivity index (χ3n) is 7.37. The molecular formula is C28H44N8O. The molecule has 1 aliphatic heterocycles. The number of aromatic nitrogens is 2. The summed E-state index contributed by atoms with van der Waals surface area (Å²) < 4.78 is 5.47. The predicted octanol–water partition coefficient (Wildman–Crippen LogP) is 4.69. The first-order valence-electron chi connectivity index (χ1n) is 13.9. The summed E-state index contributed by atoms with van der Waals surface area (Å²) in [4.78, 5) is 18.8. The van der Waals surface area contributed by atoms with E-state index in [1.165, 1.54) is 31.2 Å². The summed E-state index contributed by atoms with van der Waals surface area (Å²) in [6, 6.07) is 9.02. The fourth-order valence-electron chi connectivity index (χ4n) is 5.14. The van der Waals surface area contributed by atoms with E-state index in [-0.39, 0.29) is 0 Å². The van der Waals surface area contributed by atoms with Gasteiger partial charge in [0.15, 0.2) is 11.6 Å². The summed E-state index contributed by atoms with van der Waals surface area (Å²) in [7, 11) is 2.12. The van der Waals surface area contributed by atoms with Gasteiger partial charge in [0.05, 0.1) is 13.2 Å². The summed E-state index contributed by atoms with van der Waals surface area (Å²) in [5.74, 6) is 2.13. The van der Waals surface area contributed by atoms with Gasteiger partial charge in [-0.05, 0) is 56.6 Å². The molecule has 1 aliphatic carbocycles. The van der Waals surface area contributed by atoms with Crippen LogP contribution in [0.4, 0.5) is 29.0 Å². The van der Waals surface area contributed by atoms with Crippen LogP contribution < -0.4 is 21.3 Å². The molecule has 1 aromatic carbocycles. The van der Waals surface area contributed by atoms with Crippen molar-refractivity contribution in [3.05, 3.63) is 29.8 Å². The Hall–Kier alpha value is -2.75. The number of hydrogen-bond acceptors (Lipinski definition) is 9. The number of aliphatic imine (C=N–C) groups is 1. The molecule has 0 unspecified atom stereocenters. The number of ether oxygens (including phenoxy) is 1. The van der Waals surface area contributed by atoms with Gasteiger partial charge in [-0.1, -0.05) is 37.8 Å². The zero-order chi connectivity index (χ0) is 25.9. The number of nitrogens with two attached hydrogens (primary N) is 1. The fourth-order valence-corrected chi connectivity index (χ4v) is 5.14. The molecule has 0 radical (unpaired) electrons. The number of nitrogens with one attached hydrogen (secondary N) is 2. The zero-order valence-electron chi connectivity index (χ0n) is 22.4. The van der Waals surface area contributed by atoms with E-state index in [9.17, 15) is 0 Å². The quantitative estimate of drug-likeness (QED) is 0.249. The molecule has 37 heavy (non-hydrogen) atoms. The van der Waals surface area contributed by atoms with Gasteiger partial charge in [0, 0.05) is 45.0 Å². The molecule has 2 fully saturated rings. The fraction of sp³-hybridized carbons (Fsp3) is 0.607. The molecule has 4 N–H and O–H groups in total. The van der Waals surface area contributed by atoms with E-state index in [0.29, 0.717) is 23.5 Å². The van der Waals surface area contributed by atoms with Crippen LogP contribution >= 0.6 is 0 Å². The van der Waals surface area contributed by atoms with Crippen molar-refractivity contribution < 1.29 is 4.74 Å². The Bertz CT molecular complexity index is 971. The second-order valence-electron chi connectivity index (χ2n) is 10.1. The number of anilines is 4. The molecule has 4 rings (SSSR count). The molecule has 2 aliphatic rings.